The summed E-state index contributed by atoms with van der Waals surface area (Å²) in [4.78, 5) is 26.1. The lowest BCUT2D eigenvalue weighted by molar-refractivity contribution is -0.141. The number of nitrogens with zero attached hydrogens (tertiary/aromatic N) is 1. The SMILES string of the molecule is COCCNC(=O)CN(C)C(=O)C1(C(N)=S)CCCCC1. The smallest absolute Gasteiger partial charge is 0.239 e. The molecule has 0 aromatic heterocycles. The summed E-state index contributed by atoms with van der Waals surface area (Å²) in [7, 11) is 3.18. The topological polar surface area (TPSA) is 84.7 Å². The number of hydrogen-bond donors (Lipinski definition) is 2. The molecule has 0 unspecified atom stereocenters. The van der Waals surface area contributed by atoms with Crippen LogP contribution in [0.5, 0.6) is 0 Å². The molecule has 7 heteroatoms. The zero-order valence-electron chi connectivity index (χ0n) is 12.8. The molecular weight excluding hydrogens is 290 g/mol. The van der Waals surface area contributed by atoms with Crippen molar-refractivity contribution in [1.82, 2.24) is 10.2 Å². The second-order valence-electron chi connectivity index (χ2n) is 5.51. The number of amides is 2. The Morgan fingerprint density at radius 1 is 1.33 bits per heavy atom. The molecule has 0 aromatic rings. The summed E-state index contributed by atoms with van der Waals surface area (Å²) in [6.07, 6.45) is 4.33. The average molecular weight is 315 g/mol. The lowest BCUT2D eigenvalue weighted by atomic mass is 9.73. The van der Waals surface area contributed by atoms with Crippen molar-refractivity contribution in [3.63, 3.8) is 0 Å². The van der Waals surface area contributed by atoms with E-state index >= 15 is 0 Å². The third-order valence-electron chi connectivity index (χ3n) is 3.94. The molecule has 6 nitrogen and oxygen atoms in total. The minimum atomic E-state index is -0.769. The van der Waals surface area contributed by atoms with E-state index in [1.165, 1.54) is 4.90 Å². The number of likely N-dealkylation sites (N-methyl/N-ethyl adjacent to an activating group) is 1. The molecule has 1 rings (SSSR count). The fourth-order valence-corrected chi connectivity index (χ4v) is 3.01. The first kappa shape index (κ1) is 17.8. The molecule has 0 bridgehead atoms. The minimum absolute atomic E-state index is 0.00686. The molecule has 0 radical (unpaired) electrons. The molecule has 1 saturated carbocycles. The van der Waals surface area contributed by atoms with Gasteiger partial charge in [0.2, 0.25) is 11.8 Å². The third kappa shape index (κ3) is 4.64. The predicted molar refractivity (Wildman–Crippen MR) is 84.8 cm³/mol. The van der Waals surface area contributed by atoms with Crippen LogP contribution in [0.25, 0.3) is 0 Å². The number of rotatable bonds is 7. The van der Waals surface area contributed by atoms with Crippen molar-refractivity contribution in [3.05, 3.63) is 0 Å². The molecule has 0 saturated heterocycles. The summed E-state index contributed by atoms with van der Waals surface area (Å²) in [6, 6.07) is 0. The third-order valence-corrected chi connectivity index (χ3v) is 4.33. The molecule has 0 aromatic carbocycles. The molecule has 0 aliphatic heterocycles. The molecule has 120 valence electrons. The summed E-state index contributed by atoms with van der Waals surface area (Å²) in [5, 5.41) is 2.69. The Balaban J connectivity index is 2.62. The van der Waals surface area contributed by atoms with E-state index in [0.717, 1.165) is 19.3 Å². The number of carbonyl (C=O) groups is 2. The van der Waals surface area contributed by atoms with Gasteiger partial charge in [0.15, 0.2) is 0 Å². The Morgan fingerprint density at radius 3 is 2.48 bits per heavy atom. The second kappa shape index (κ2) is 8.29. The van der Waals surface area contributed by atoms with Gasteiger partial charge in [-0.2, -0.15) is 0 Å². The zero-order valence-corrected chi connectivity index (χ0v) is 13.6. The highest BCUT2D eigenvalue weighted by Crippen LogP contribution is 2.38. The van der Waals surface area contributed by atoms with Crippen molar-refractivity contribution in [2.45, 2.75) is 32.1 Å². The molecule has 2 amide bonds. The Bertz CT molecular complexity index is 395. The van der Waals surface area contributed by atoms with Crippen molar-refractivity contribution in [1.29, 1.82) is 0 Å². The van der Waals surface area contributed by atoms with Crippen LogP contribution in [0.2, 0.25) is 0 Å². The van der Waals surface area contributed by atoms with Gasteiger partial charge in [0.1, 0.15) is 0 Å². The summed E-state index contributed by atoms with van der Waals surface area (Å²) in [5.74, 6) is -0.353. The maximum atomic E-state index is 12.7. The number of thiocarbonyl (C=S) groups is 1. The van der Waals surface area contributed by atoms with E-state index in [2.05, 4.69) is 5.32 Å². The van der Waals surface area contributed by atoms with E-state index in [1.807, 2.05) is 0 Å². The molecular formula is C14H25N3O3S. The first-order valence-electron chi connectivity index (χ1n) is 7.25. The van der Waals surface area contributed by atoms with E-state index < -0.39 is 5.41 Å². The normalized spacial score (nSPS) is 17.0. The highest BCUT2D eigenvalue weighted by atomic mass is 32.1. The van der Waals surface area contributed by atoms with Crippen LogP contribution in [0, 0.1) is 5.41 Å². The molecule has 3 N–H and O–H groups in total. The number of ether oxygens (including phenoxy) is 1. The fraction of sp³-hybridized carbons (Fsp3) is 0.786. The quantitative estimate of drug-likeness (QED) is 0.526. The molecule has 21 heavy (non-hydrogen) atoms. The zero-order chi connectivity index (χ0) is 15.9. The molecule has 1 fully saturated rings. The van der Waals surface area contributed by atoms with Crippen molar-refractivity contribution < 1.29 is 14.3 Å². The van der Waals surface area contributed by atoms with Crippen LogP contribution in [-0.2, 0) is 14.3 Å². The fourth-order valence-electron chi connectivity index (χ4n) is 2.72. The standard InChI is InChI=1S/C14H25N3O3S/c1-17(10-11(18)16-8-9-20-2)13(19)14(12(15)21)6-4-3-5-7-14/h3-10H2,1-2H3,(H2,15,21)(H,16,18). The summed E-state index contributed by atoms with van der Waals surface area (Å²) < 4.78 is 4.86. The van der Waals surface area contributed by atoms with Crippen LogP contribution < -0.4 is 11.1 Å². The van der Waals surface area contributed by atoms with Gasteiger partial charge < -0.3 is 20.7 Å². The predicted octanol–water partition coefficient (Wildman–Crippen LogP) is 0.444. The van der Waals surface area contributed by atoms with Gasteiger partial charge in [0, 0.05) is 20.7 Å². The summed E-state index contributed by atoms with van der Waals surface area (Å²) in [5.41, 5.74) is 5.07. The molecule has 1 aliphatic rings. The minimum Gasteiger partial charge on any atom is -0.392 e. The Hall–Kier alpha value is -1.21. The van der Waals surface area contributed by atoms with E-state index in [0.29, 0.717) is 26.0 Å². The lowest BCUT2D eigenvalue weighted by Crippen LogP contribution is -2.52. The van der Waals surface area contributed by atoms with Gasteiger partial charge in [0.05, 0.1) is 23.6 Å². The van der Waals surface area contributed by atoms with E-state index in [-0.39, 0.29) is 23.3 Å². The second-order valence-corrected chi connectivity index (χ2v) is 5.95. The number of hydrogen-bond acceptors (Lipinski definition) is 4. The van der Waals surface area contributed by atoms with Gasteiger partial charge in [0.25, 0.3) is 0 Å². The Labute approximate surface area is 131 Å². The monoisotopic (exact) mass is 315 g/mol. The van der Waals surface area contributed by atoms with Crippen LogP contribution in [0.15, 0.2) is 0 Å². The first-order chi connectivity index (χ1) is 9.94. The van der Waals surface area contributed by atoms with Crippen molar-refractivity contribution in [3.8, 4) is 0 Å². The van der Waals surface area contributed by atoms with Crippen molar-refractivity contribution in [2.75, 3.05) is 33.9 Å². The largest absolute Gasteiger partial charge is 0.392 e. The van der Waals surface area contributed by atoms with E-state index in [4.69, 9.17) is 22.7 Å². The van der Waals surface area contributed by atoms with Gasteiger partial charge in [-0.15, -0.1) is 0 Å². The lowest BCUT2D eigenvalue weighted by Gasteiger charge is -2.37. The van der Waals surface area contributed by atoms with E-state index in [1.54, 1.807) is 14.2 Å². The van der Waals surface area contributed by atoms with Crippen molar-refractivity contribution in [2.24, 2.45) is 11.1 Å². The molecule has 0 atom stereocenters. The summed E-state index contributed by atoms with van der Waals surface area (Å²) in [6.45, 7) is 0.880. The van der Waals surface area contributed by atoms with Crippen LogP contribution in [0.1, 0.15) is 32.1 Å². The van der Waals surface area contributed by atoms with Crippen LogP contribution >= 0.6 is 12.2 Å². The van der Waals surface area contributed by atoms with Gasteiger partial charge in [-0.3, -0.25) is 9.59 Å². The highest BCUT2D eigenvalue weighted by Gasteiger charge is 2.44. The number of nitrogens with two attached hydrogens (primary N) is 1. The van der Waals surface area contributed by atoms with Gasteiger partial charge in [-0.05, 0) is 12.8 Å². The Kier molecular flexibility index (Phi) is 7.04. The maximum Gasteiger partial charge on any atom is 0.239 e. The maximum absolute atomic E-state index is 12.7. The van der Waals surface area contributed by atoms with Gasteiger partial charge in [-0.1, -0.05) is 31.5 Å². The summed E-state index contributed by atoms with van der Waals surface area (Å²) >= 11 is 5.14. The first-order valence-corrected chi connectivity index (χ1v) is 7.66. The average Bonchev–Trinajstić information content (AvgIpc) is 2.47. The van der Waals surface area contributed by atoms with Crippen LogP contribution in [0.3, 0.4) is 0 Å². The number of nitrogens with one attached hydrogen (secondary N) is 1. The Morgan fingerprint density at radius 2 is 1.95 bits per heavy atom. The van der Waals surface area contributed by atoms with Crippen LogP contribution in [0.4, 0.5) is 0 Å². The number of carbonyl (C=O) groups excluding carboxylic acids is 2. The van der Waals surface area contributed by atoms with Gasteiger partial charge in [-0.25, -0.2) is 0 Å². The number of methoxy groups -OCH3 is 1. The van der Waals surface area contributed by atoms with Crippen LogP contribution in [-0.4, -0.2) is 55.6 Å². The van der Waals surface area contributed by atoms with E-state index in [9.17, 15) is 9.59 Å². The van der Waals surface area contributed by atoms with Gasteiger partial charge >= 0.3 is 0 Å². The molecule has 0 spiro atoms. The molecule has 1 aliphatic carbocycles. The molecule has 0 heterocycles. The van der Waals surface area contributed by atoms with Crippen molar-refractivity contribution >= 4 is 29.0 Å². The highest BCUT2D eigenvalue weighted by molar-refractivity contribution is 7.80.